The van der Waals surface area contributed by atoms with Gasteiger partial charge in [0.15, 0.2) is 0 Å². The molecule has 4 heteroatoms. The smallest absolute Gasteiger partial charge is 0.220 e. The van der Waals surface area contributed by atoms with Crippen LogP contribution in [0.1, 0.15) is 59.8 Å². The average Bonchev–Trinajstić information content (AvgIpc) is 2.52. The highest BCUT2D eigenvalue weighted by Crippen LogP contribution is 2.20. The maximum Gasteiger partial charge on any atom is 0.220 e. The van der Waals surface area contributed by atoms with Crippen LogP contribution in [0.4, 0.5) is 0 Å². The van der Waals surface area contributed by atoms with Gasteiger partial charge in [-0.05, 0) is 11.8 Å². The first-order chi connectivity index (χ1) is 10.6. The molecule has 22 heavy (non-hydrogen) atoms. The van der Waals surface area contributed by atoms with Crippen molar-refractivity contribution in [3.05, 3.63) is 0 Å². The van der Waals surface area contributed by atoms with Crippen LogP contribution in [0.25, 0.3) is 0 Å². The molecule has 1 amide bonds. The number of ether oxygens (including phenoxy) is 1. The Hall–Kier alpha value is -0.610. The molecule has 1 aliphatic heterocycles. The summed E-state index contributed by atoms with van der Waals surface area (Å²) in [6.45, 7) is 13.3. The van der Waals surface area contributed by atoms with Crippen LogP contribution in [0.15, 0.2) is 0 Å². The van der Waals surface area contributed by atoms with E-state index in [1.54, 1.807) is 0 Å². The Kier molecular flexibility index (Phi) is 9.73. The Morgan fingerprint density at radius 3 is 2.36 bits per heavy atom. The van der Waals surface area contributed by atoms with E-state index in [0.29, 0.717) is 24.3 Å². The van der Waals surface area contributed by atoms with E-state index in [1.165, 1.54) is 12.8 Å². The van der Waals surface area contributed by atoms with Crippen molar-refractivity contribution in [2.45, 2.75) is 65.8 Å². The summed E-state index contributed by atoms with van der Waals surface area (Å²) >= 11 is 0. The molecule has 130 valence electrons. The fraction of sp³-hybridized carbons (Fsp3) is 0.944. The molecule has 0 bridgehead atoms. The molecule has 0 spiro atoms. The lowest BCUT2D eigenvalue weighted by Gasteiger charge is -2.38. The normalized spacial score (nSPS) is 19.1. The molecule has 1 fully saturated rings. The minimum absolute atomic E-state index is 0.213. The molecule has 1 heterocycles. The number of morpholine rings is 1. The van der Waals surface area contributed by atoms with E-state index in [2.05, 4.69) is 37.9 Å². The largest absolute Gasteiger partial charge is 0.379 e. The Bertz CT molecular complexity index is 299. The van der Waals surface area contributed by atoms with Crippen LogP contribution < -0.4 is 5.32 Å². The summed E-state index contributed by atoms with van der Waals surface area (Å²) in [4.78, 5) is 14.7. The highest BCUT2D eigenvalue weighted by Gasteiger charge is 2.27. The number of nitrogens with zero attached hydrogens (tertiary/aromatic N) is 1. The highest BCUT2D eigenvalue weighted by atomic mass is 16.5. The highest BCUT2D eigenvalue weighted by molar-refractivity contribution is 5.76. The quantitative estimate of drug-likeness (QED) is 0.674. The summed E-state index contributed by atoms with van der Waals surface area (Å²) in [6, 6.07) is 0.448. The van der Waals surface area contributed by atoms with Gasteiger partial charge in [-0.1, -0.05) is 53.4 Å². The van der Waals surface area contributed by atoms with E-state index in [1.807, 2.05) is 0 Å². The number of carbonyl (C=O) groups is 1. The van der Waals surface area contributed by atoms with Crippen molar-refractivity contribution in [2.24, 2.45) is 11.8 Å². The first-order valence-electron chi connectivity index (χ1n) is 9.20. The predicted octanol–water partition coefficient (Wildman–Crippen LogP) is 3.07. The topological polar surface area (TPSA) is 41.6 Å². The third-order valence-electron chi connectivity index (χ3n) is 4.93. The van der Waals surface area contributed by atoms with Gasteiger partial charge in [0.05, 0.1) is 13.2 Å². The van der Waals surface area contributed by atoms with Crippen molar-refractivity contribution in [2.75, 3.05) is 32.8 Å². The lowest BCUT2D eigenvalue weighted by Crippen LogP contribution is -2.52. The Balaban J connectivity index is 2.51. The summed E-state index contributed by atoms with van der Waals surface area (Å²) in [5.74, 6) is 1.34. The lowest BCUT2D eigenvalue weighted by atomic mass is 9.92. The average molecular weight is 312 g/mol. The monoisotopic (exact) mass is 312 g/mol. The van der Waals surface area contributed by atoms with Gasteiger partial charge in [0.25, 0.3) is 0 Å². The van der Waals surface area contributed by atoms with Gasteiger partial charge < -0.3 is 10.1 Å². The Morgan fingerprint density at radius 1 is 1.18 bits per heavy atom. The van der Waals surface area contributed by atoms with E-state index < -0.39 is 0 Å². The fourth-order valence-electron chi connectivity index (χ4n) is 3.54. The summed E-state index contributed by atoms with van der Waals surface area (Å²) in [5, 5.41) is 3.20. The zero-order valence-corrected chi connectivity index (χ0v) is 15.1. The van der Waals surface area contributed by atoms with E-state index in [-0.39, 0.29) is 5.91 Å². The van der Waals surface area contributed by atoms with Crippen LogP contribution in [0.5, 0.6) is 0 Å². The van der Waals surface area contributed by atoms with Crippen molar-refractivity contribution in [3.8, 4) is 0 Å². The molecular weight excluding hydrogens is 276 g/mol. The van der Waals surface area contributed by atoms with Crippen LogP contribution in [0, 0.1) is 11.8 Å². The molecule has 2 unspecified atom stereocenters. The maximum atomic E-state index is 12.2. The molecule has 1 aliphatic rings. The van der Waals surface area contributed by atoms with Crippen LogP contribution in [-0.2, 0) is 9.53 Å². The van der Waals surface area contributed by atoms with Gasteiger partial charge in [-0.2, -0.15) is 0 Å². The first-order valence-corrected chi connectivity index (χ1v) is 9.20. The second kappa shape index (κ2) is 11.0. The minimum atomic E-state index is 0.213. The van der Waals surface area contributed by atoms with Crippen molar-refractivity contribution < 1.29 is 9.53 Å². The summed E-state index contributed by atoms with van der Waals surface area (Å²) in [6.07, 6.45) is 5.28. The molecule has 2 atom stereocenters. The maximum absolute atomic E-state index is 12.2. The molecule has 1 N–H and O–H groups in total. The van der Waals surface area contributed by atoms with Crippen molar-refractivity contribution in [1.29, 1.82) is 0 Å². The summed E-state index contributed by atoms with van der Waals surface area (Å²) < 4.78 is 5.47. The third kappa shape index (κ3) is 6.66. The van der Waals surface area contributed by atoms with Gasteiger partial charge in [-0.25, -0.2) is 0 Å². The van der Waals surface area contributed by atoms with Gasteiger partial charge >= 0.3 is 0 Å². The van der Waals surface area contributed by atoms with Gasteiger partial charge in [-0.15, -0.1) is 0 Å². The van der Waals surface area contributed by atoms with E-state index in [9.17, 15) is 4.79 Å². The minimum Gasteiger partial charge on any atom is -0.379 e. The zero-order valence-electron chi connectivity index (χ0n) is 15.1. The number of carbonyl (C=O) groups excluding carboxylic acids is 1. The van der Waals surface area contributed by atoms with E-state index >= 15 is 0 Å². The van der Waals surface area contributed by atoms with Crippen LogP contribution >= 0.6 is 0 Å². The number of amides is 1. The molecule has 0 radical (unpaired) electrons. The van der Waals surface area contributed by atoms with Crippen molar-refractivity contribution in [1.82, 2.24) is 10.2 Å². The van der Waals surface area contributed by atoms with Gasteiger partial charge in [0.1, 0.15) is 0 Å². The first kappa shape index (κ1) is 19.4. The Morgan fingerprint density at radius 2 is 1.82 bits per heavy atom. The SMILES string of the molecule is CCCC(C)CC(=O)NCC(C(CC)CC)N1CCOCC1. The standard InChI is InChI=1S/C18H36N2O2/c1-5-8-15(4)13-18(21)19-14-17(16(6-2)7-3)20-9-11-22-12-10-20/h15-17H,5-14H2,1-4H3,(H,19,21). The van der Waals surface area contributed by atoms with Crippen molar-refractivity contribution >= 4 is 5.91 Å². The molecule has 1 saturated heterocycles. The molecule has 0 aromatic heterocycles. The van der Waals surface area contributed by atoms with E-state index in [0.717, 1.165) is 45.7 Å². The molecule has 0 saturated carbocycles. The van der Waals surface area contributed by atoms with Crippen LogP contribution in [0.2, 0.25) is 0 Å². The number of nitrogens with one attached hydrogen (secondary N) is 1. The van der Waals surface area contributed by atoms with Gasteiger partial charge in [0.2, 0.25) is 5.91 Å². The second-order valence-corrected chi connectivity index (χ2v) is 6.69. The van der Waals surface area contributed by atoms with Crippen molar-refractivity contribution in [3.63, 3.8) is 0 Å². The number of rotatable bonds is 10. The van der Waals surface area contributed by atoms with Gasteiger partial charge in [-0.3, -0.25) is 9.69 Å². The molecule has 0 aromatic carbocycles. The van der Waals surface area contributed by atoms with Gasteiger partial charge in [0, 0.05) is 32.1 Å². The lowest BCUT2D eigenvalue weighted by molar-refractivity contribution is -0.122. The molecule has 0 aromatic rings. The zero-order chi connectivity index (χ0) is 16.4. The second-order valence-electron chi connectivity index (χ2n) is 6.69. The fourth-order valence-corrected chi connectivity index (χ4v) is 3.54. The van der Waals surface area contributed by atoms with Crippen LogP contribution in [-0.4, -0.2) is 49.7 Å². The predicted molar refractivity (Wildman–Crippen MR) is 92.0 cm³/mol. The molecule has 0 aliphatic carbocycles. The molecule has 4 nitrogen and oxygen atoms in total. The number of hydrogen-bond acceptors (Lipinski definition) is 3. The Labute approximate surface area is 137 Å². The summed E-state index contributed by atoms with van der Waals surface area (Å²) in [5.41, 5.74) is 0. The third-order valence-corrected chi connectivity index (χ3v) is 4.93. The molecule has 1 rings (SSSR count). The number of hydrogen-bond donors (Lipinski definition) is 1. The molecular formula is C18H36N2O2. The summed E-state index contributed by atoms with van der Waals surface area (Å²) in [7, 11) is 0. The van der Waals surface area contributed by atoms with Crippen LogP contribution in [0.3, 0.4) is 0 Å². The van der Waals surface area contributed by atoms with E-state index in [4.69, 9.17) is 4.74 Å².